The Bertz CT molecular complexity index is 953. The third kappa shape index (κ3) is 6.52. The quantitative estimate of drug-likeness (QED) is 0.332. The molecule has 1 heterocycles. The summed E-state index contributed by atoms with van der Waals surface area (Å²) in [5, 5.41) is 0. The first kappa shape index (κ1) is 25.9. The zero-order chi connectivity index (χ0) is 24.6. The predicted octanol–water partition coefficient (Wildman–Crippen LogP) is 8.85. The van der Waals surface area contributed by atoms with Gasteiger partial charge in [0, 0.05) is 12.2 Å². The van der Waals surface area contributed by atoms with E-state index in [0.29, 0.717) is 30.1 Å². The lowest BCUT2D eigenvalue weighted by Crippen LogP contribution is -2.34. The van der Waals surface area contributed by atoms with Crippen molar-refractivity contribution >= 4 is 0 Å². The molecule has 0 bridgehead atoms. The van der Waals surface area contributed by atoms with Crippen molar-refractivity contribution in [2.24, 2.45) is 11.8 Å². The maximum Gasteiger partial charge on any atom is 0.201 e. The highest BCUT2D eigenvalue weighted by Crippen LogP contribution is 2.41. The Morgan fingerprint density at radius 3 is 2.37 bits per heavy atom. The van der Waals surface area contributed by atoms with Crippen LogP contribution in [0.15, 0.2) is 48.6 Å². The molecule has 0 spiro atoms. The van der Waals surface area contributed by atoms with Gasteiger partial charge in [-0.15, -0.1) is 0 Å². The highest BCUT2D eigenvalue weighted by atomic mass is 19.2. The second-order valence-corrected chi connectivity index (χ2v) is 10.3. The normalized spacial score (nSPS) is 25.1. The largest absolute Gasteiger partial charge is 0.490 e. The molecule has 1 aliphatic heterocycles. The first-order valence-electron chi connectivity index (χ1n) is 13.5. The highest BCUT2D eigenvalue weighted by Gasteiger charge is 2.32. The average molecular weight is 483 g/mol. The van der Waals surface area contributed by atoms with Gasteiger partial charge in [0.1, 0.15) is 0 Å². The van der Waals surface area contributed by atoms with Gasteiger partial charge in [-0.2, -0.15) is 4.39 Å². The topological polar surface area (TPSA) is 18.5 Å². The molecule has 1 saturated carbocycles. The second kappa shape index (κ2) is 12.7. The first-order valence-corrected chi connectivity index (χ1v) is 13.5. The number of halogens is 2. The van der Waals surface area contributed by atoms with E-state index < -0.39 is 11.6 Å². The minimum Gasteiger partial charge on any atom is -0.490 e. The van der Waals surface area contributed by atoms with Crippen molar-refractivity contribution in [3.63, 3.8) is 0 Å². The predicted molar refractivity (Wildman–Crippen MR) is 139 cm³/mol. The van der Waals surface area contributed by atoms with Crippen LogP contribution in [0.25, 0.3) is 11.1 Å². The zero-order valence-electron chi connectivity index (χ0n) is 21.3. The van der Waals surface area contributed by atoms with Gasteiger partial charge in [0.15, 0.2) is 11.6 Å². The van der Waals surface area contributed by atoms with Crippen molar-refractivity contribution in [2.45, 2.75) is 83.7 Å². The molecule has 0 radical (unpaired) electrons. The Morgan fingerprint density at radius 1 is 0.943 bits per heavy atom. The molecule has 0 aromatic heterocycles. The average Bonchev–Trinajstić information content (AvgIpc) is 2.90. The molecular weight excluding hydrogens is 442 g/mol. The molecule has 2 aromatic carbocycles. The van der Waals surface area contributed by atoms with Gasteiger partial charge < -0.3 is 9.47 Å². The van der Waals surface area contributed by atoms with Crippen molar-refractivity contribution in [1.29, 1.82) is 0 Å². The third-order valence-electron chi connectivity index (χ3n) is 7.88. The van der Waals surface area contributed by atoms with Crippen LogP contribution in [-0.2, 0) is 4.74 Å². The molecule has 4 heteroatoms. The Balaban J connectivity index is 1.29. The van der Waals surface area contributed by atoms with Crippen molar-refractivity contribution in [3.8, 4) is 16.9 Å². The first-order chi connectivity index (χ1) is 17.1. The van der Waals surface area contributed by atoms with Crippen LogP contribution in [0, 0.1) is 23.5 Å². The molecule has 0 amide bonds. The summed E-state index contributed by atoms with van der Waals surface area (Å²) in [6.07, 6.45) is 15.2. The fraction of sp³-hybridized carbons (Fsp3) is 0.548. The molecule has 2 nitrogen and oxygen atoms in total. The van der Waals surface area contributed by atoms with Crippen LogP contribution in [0.4, 0.5) is 8.78 Å². The Kier molecular flexibility index (Phi) is 9.37. The van der Waals surface area contributed by atoms with E-state index in [9.17, 15) is 8.78 Å². The summed E-state index contributed by atoms with van der Waals surface area (Å²) >= 11 is 0. The van der Waals surface area contributed by atoms with Gasteiger partial charge in [0.25, 0.3) is 0 Å². The van der Waals surface area contributed by atoms with Crippen LogP contribution >= 0.6 is 0 Å². The van der Waals surface area contributed by atoms with Gasteiger partial charge in [0.2, 0.25) is 5.82 Å². The van der Waals surface area contributed by atoms with Crippen molar-refractivity contribution in [2.75, 3.05) is 13.2 Å². The van der Waals surface area contributed by atoms with E-state index in [-0.39, 0.29) is 11.3 Å². The molecule has 2 fully saturated rings. The minimum absolute atomic E-state index is 0.0207. The smallest absolute Gasteiger partial charge is 0.201 e. The highest BCUT2D eigenvalue weighted by molar-refractivity contribution is 5.65. The molecular formula is C31H40F2O2. The summed E-state index contributed by atoms with van der Waals surface area (Å²) in [7, 11) is 0. The minimum atomic E-state index is -0.910. The van der Waals surface area contributed by atoms with Crippen molar-refractivity contribution in [1.82, 2.24) is 0 Å². The van der Waals surface area contributed by atoms with Crippen LogP contribution in [-0.4, -0.2) is 19.3 Å². The summed E-state index contributed by atoms with van der Waals surface area (Å²) < 4.78 is 40.7. The monoisotopic (exact) mass is 482 g/mol. The lowest BCUT2D eigenvalue weighted by molar-refractivity contribution is -0.0573. The van der Waals surface area contributed by atoms with Gasteiger partial charge in [-0.1, -0.05) is 43.3 Å². The molecule has 1 aliphatic carbocycles. The Morgan fingerprint density at radius 2 is 1.71 bits per heavy atom. The van der Waals surface area contributed by atoms with E-state index >= 15 is 0 Å². The second-order valence-electron chi connectivity index (χ2n) is 10.3. The van der Waals surface area contributed by atoms with Crippen molar-refractivity contribution < 1.29 is 18.3 Å². The number of allylic oxidation sites excluding steroid dienone is 2. The van der Waals surface area contributed by atoms with Gasteiger partial charge in [0.05, 0.1) is 12.7 Å². The van der Waals surface area contributed by atoms with E-state index in [1.807, 2.05) is 19.1 Å². The molecule has 0 N–H and O–H groups in total. The number of ether oxygens (including phenoxy) is 2. The summed E-state index contributed by atoms with van der Waals surface area (Å²) in [6, 6.07) is 11.2. The maximum absolute atomic E-state index is 14.7. The fourth-order valence-electron chi connectivity index (χ4n) is 5.76. The van der Waals surface area contributed by atoms with E-state index in [1.54, 1.807) is 6.07 Å². The van der Waals surface area contributed by atoms with Gasteiger partial charge in [-0.05, 0) is 106 Å². The van der Waals surface area contributed by atoms with Crippen LogP contribution in [0.3, 0.4) is 0 Å². The molecule has 2 unspecified atom stereocenters. The summed E-state index contributed by atoms with van der Waals surface area (Å²) in [5.74, 6) is 0.149. The maximum atomic E-state index is 14.7. The van der Waals surface area contributed by atoms with Crippen molar-refractivity contribution in [3.05, 3.63) is 65.7 Å². The Hall–Kier alpha value is -2.20. The number of hydrogen-bond donors (Lipinski definition) is 0. The standard InChI is InChI=1S/C31H40F2O2/c1-3-5-6-7-22-8-18-28(35-21-22)26-15-11-24(12-16-26)23-9-13-25(14-10-23)27-17-19-29(34-20-4-2)31(33)30(27)32/h3,5,9-10,13-14,17,19,22,24,26,28H,4,6-8,11-12,15-16,18,20-21H2,1-2H3/b5-3+. The molecule has 1 saturated heterocycles. The SMILES string of the molecule is C/C=C/CCC1CCC(C2CCC(c3ccc(-c4ccc(OCCC)c(F)c4F)cc3)CC2)OC1. The molecule has 35 heavy (non-hydrogen) atoms. The lowest BCUT2D eigenvalue weighted by atomic mass is 9.75. The number of hydrogen-bond acceptors (Lipinski definition) is 2. The molecule has 4 rings (SSSR count). The van der Waals surface area contributed by atoms with E-state index in [2.05, 4.69) is 31.2 Å². The van der Waals surface area contributed by atoms with E-state index in [4.69, 9.17) is 9.47 Å². The van der Waals surface area contributed by atoms with Crippen LogP contribution < -0.4 is 4.74 Å². The van der Waals surface area contributed by atoms with Crippen LogP contribution in [0.2, 0.25) is 0 Å². The fourth-order valence-corrected chi connectivity index (χ4v) is 5.76. The van der Waals surface area contributed by atoms with Crippen LogP contribution in [0.1, 0.15) is 83.1 Å². The molecule has 2 atom stereocenters. The van der Waals surface area contributed by atoms with Gasteiger partial charge in [-0.25, -0.2) is 4.39 Å². The summed E-state index contributed by atoms with van der Waals surface area (Å²) in [6.45, 7) is 5.31. The summed E-state index contributed by atoms with van der Waals surface area (Å²) in [5.41, 5.74) is 2.27. The van der Waals surface area contributed by atoms with Gasteiger partial charge >= 0.3 is 0 Å². The molecule has 2 aliphatic rings. The number of benzene rings is 2. The zero-order valence-corrected chi connectivity index (χ0v) is 21.3. The van der Waals surface area contributed by atoms with Gasteiger partial charge in [-0.3, -0.25) is 0 Å². The Labute approximate surface area is 209 Å². The lowest BCUT2D eigenvalue weighted by Gasteiger charge is -2.38. The number of rotatable bonds is 9. The third-order valence-corrected chi connectivity index (χ3v) is 7.88. The molecule has 190 valence electrons. The van der Waals surface area contributed by atoms with Crippen LogP contribution in [0.5, 0.6) is 5.75 Å². The van der Waals surface area contributed by atoms with E-state index in [0.717, 1.165) is 18.9 Å². The summed E-state index contributed by atoms with van der Waals surface area (Å²) in [4.78, 5) is 0. The van der Waals surface area contributed by atoms with E-state index in [1.165, 1.54) is 63.0 Å². The molecule has 2 aromatic rings.